The predicted octanol–water partition coefficient (Wildman–Crippen LogP) is 3.97. The minimum Gasteiger partial charge on any atom is -0.338 e. The minimum absolute atomic E-state index is 0.111. The van der Waals surface area contributed by atoms with Gasteiger partial charge in [-0.25, -0.2) is 0 Å². The third kappa shape index (κ3) is 6.16. The third-order valence-corrected chi connectivity index (χ3v) is 6.98. The molecule has 1 fully saturated rings. The van der Waals surface area contributed by atoms with Gasteiger partial charge in [0.25, 0.3) is 0 Å². The number of carbonyl (C=O) groups is 1. The molecule has 1 N–H and O–H groups in total. The zero-order chi connectivity index (χ0) is 24.9. The summed E-state index contributed by atoms with van der Waals surface area (Å²) in [6, 6.07) is 17.4. The van der Waals surface area contributed by atoms with Crippen LogP contribution in [-0.4, -0.2) is 71.2 Å². The molecular weight excluding hydrogens is 470 g/mol. The Morgan fingerprint density at radius 1 is 0.972 bits per heavy atom. The lowest BCUT2D eigenvalue weighted by atomic mass is 10.0. The van der Waals surface area contributed by atoms with Crippen molar-refractivity contribution >= 4 is 35.3 Å². The highest BCUT2D eigenvalue weighted by Gasteiger charge is 2.20. The van der Waals surface area contributed by atoms with Crippen molar-refractivity contribution in [2.45, 2.75) is 23.4 Å². The van der Waals surface area contributed by atoms with Crippen LogP contribution in [0.25, 0.3) is 0 Å². The zero-order valence-corrected chi connectivity index (χ0v) is 21.3. The minimum atomic E-state index is 0.111. The van der Waals surface area contributed by atoms with Crippen molar-refractivity contribution in [1.82, 2.24) is 19.9 Å². The van der Waals surface area contributed by atoms with E-state index in [1.165, 1.54) is 17.3 Å². The molecule has 0 spiro atoms. The van der Waals surface area contributed by atoms with Gasteiger partial charge in [-0.05, 0) is 55.1 Å². The molecule has 0 amide bonds. The number of benzene rings is 2. The molecule has 0 bridgehead atoms. The van der Waals surface area contributed by atoms with Crippen LogP contribution in [0.15, 0.2) is 81.3 Å². The second kappa shape index (κ2) is 11.0. The summed E-state index contributed by atoms with van der Waals surface area (Å²) in [5, 5.41) is 3.87. The van der Waals surface area contributed by atoms with Gasteiger partial charge in [0, 0.05) is 43.1 Å². The van der Waals surface area contributed by atoms with Crippen molar-refractivity contribution in [2.24, 2.45) is 4.99 Å². The number of carbonyl (C=O) groups excluding carboxylic acids is 1. The average molecular weight is 500 g/mol. The van der Waals surface area contributed by atoms with E-state index in [4.69, 9.17) is 9.97 Å². The molecule has 0 saturated carbocycles. The van der Waals surface area contributed by atoms with Crippen LogP contribution in [0.1, 0.15) is 22.8 Å². The smallest absolute Gasteiger partial charge is 0.234 e. The van der Waals surface area contributed by atoms with Gasteiger partial charge < -0.3 is 15.1 Å². The Hall–Kier alpha value is -3.56. The first kappa shape index (κ1) is 24.1. The van der Waals surface area contributed by atoms with Gasteiger partial charge in [0.05, 0.1) is 6.54 Å². The molecule has 2 aliphatic rings. The topological polar surface area (TPSA) is 86.6 Å². The van der Waals surface area contributed by atoms with Crippen molar-refractivity contribution in [3.05, 3.63) is 77.4 Å². The van der Waals surface area contributed by atoms with Crippen LogP contribution in [0.5, 0.6) is 0 Å². The average Bonchev–Trinajstić information content (AvgIpc) is 3.30. The summed E-state index contributed by atoms with van der Waals surface area (Å²) in [6.07, 6.45) is 2.39. The molecule has 9 heteroatoms. The Kier molecular flexibility index (Phi) is 7.39. The van der Waals surface area contributed by atoms with Crippen molar-refractivity contribution in [3.63, 3.8) is 0 Å². The maximum atomic E-state index is 12.5. The summed E-state index contributed by atoms with van der Waals surface area (Å²) in [7, 11) is 2.13. The second-order valence-corrected chi connectivity index (χ2v) is 10.1. The number of ketones is 1. The highest BCUT2D eigenvalue weighted by atomic mass is 32.2. The lowest BCUT2D eigenvalue weighted by Gasteiger charge is -2.32. The van der Waals surface area contributed by atoms with Crippen LogP contribution in [0.2, 0.25) is 0 Å². The van der Waals surface area contributed by atoms with E-state index in [0.717, 1.165) is 48.0 Å². The van der Waals surface area contributed by atoms with Crippen molar-refractivity contribution in [2.75, 3.05) is 50.0 Å². The number of aromatic nitrogens is 3. The van der Waals surface area contributed by atoms with Gasteiger partial charge in [-0.2, -0.15) is 15.0 Å². The number of piperazine rings is 1. The highest BCUT2D eigenvalue weighted by Crippen LogP contribution is 2.28. The molecule has 0 unspecified atom stereocenters. The summed E-state index contributed by atoms with van der Waals surface area (Å²) in [5.41, 5.74) is 2.91. The van der Waals surface area contributed by atoms with Gasteiger partial charge >= 0.3 is 0 Å². The molecule has 3 aromatic rings. The molecule has 0 radical (unpaired) electrons. The van der Waals surface area contributed by atoms with Gasteiger partial charge in [0.15, 0.2) is 10.9 Å². The predicted molar refractivity (Wildman–Crippen MR) is 144 cm³/mol. The molecule has 2 aromatic carbocycles. The second-order valence-electron chi connectivity index (χ2n) is 9.06. The highest BCUT2D eigenvalue weighted by molar-refractivity contribution is 7.99. The quantitative estimate of drug-likeness (QED) is 0.489. The van der Waals surface area contributed by atoms with Gasteiger partial charge in [-0.3, -0.25) is 9.79 Å². The number of likely N-dealkylation sites (N-methyl/N-ethyl adjacent to an activating group) is 1. The number of anilines is 2. The fourth-order valence-corrected chi connectivity index (χ4v) is 4.75. The summed E-state index contributed by atoms with van der Waals surface area (Å²) >= 11 is 1.48. The Labute approximate surface area is 215 Å². The molecule has 1 aromatic heterocycles. The van der Waals surface area contributed by atoms with Crippen molar-refractivity contribution in [3.8, 4) is 0 Å². The zero-order valence-electron chi connectivity index (χ0n) is 20.5. The summed E-state index contributed by atoms with van der Waals surface area (Å²) in [6.45, 7) is 6.42. The Morgan fingerprint density at radius 3 is 2.42 bits per heavy atom. The van der Waals surface area contributed by atoms with Crippen LogP contribution in [0.3, 0.4) is 0 Å². The molecule has 0 atom stereocenters. The molecule has 184 valence electrons. The largest absolute Gasteiger partial charge is 0.338 e. The van der Waals surface area contributed by atoms with E-state index in [2.05, 4.69) is 39.1 Å². The molecule has 3 heterocycles. The maximum Gasteiger partial charge on any atom is 0.234 e. The molecule has 0 aliphatic carbocycles. The van der Waals surface area contributed by atoms with Crippen LogP contribution in [-0.2, 0) is 6.42 Å². The Balaban J connectivity index is 1.32. The van der Waals surface area contributed by atoms with E-state index in [1.54, 1.807) is 0 Å². The number of hydrogen-bond donors (Lipinski definition) is 1. The fraction of sp³-hybridized carbons (Fsp3) is 0.296. The van der Waals surface area contributed by atoms with E-state index in [9.17, 15) is 4.79 Å². The molecule has 8 nitrogen and oxygen atoms in total. The van der Waals surface area contributed by atoms with E-state index < -0.39 is 0 Å². The number of nitrogens with one attached hydrogen (secondary N) is 1. The van der Waals surface area contributed by atoms with Crippen LogP contribution in [0.4, 0.5) is 11.9 Å². The van der Waals surface area contributed by atoms with Crippen molar-refractivity contribution in [1.29, 1.82) is 0 Å². The van der Waals surface area contributed by atoms with E-state index in [0.29, 0.717) is 30.0 Å². The first-order chi connectivity index (χ1) is 17.5. The van der Waals surface area contributed by atoms with Crippen molar-refractivity contribution < 1.29 is 4.79 Å². The van der Waals surface area contributed by atoms with Gasteiger partial charge in [0.1, 0.15) is 5.84 Å². The fourth-order valence-electron chi connectivity index (χ4n) is 4.01. The van der Waals surface area contributed by atoms with Crippen LogP contribution < -0.4 is 10.2 Å². The Morgan fingerprint density at radius 2 is 1.72 bits per heavy atom. The molecule has 1 saturated heterocycles. The maximum absolute atomic E-state index is 12.5. The van der Waals surface area contributed by atoms with Gasteiger partial charge in [-0.15, -0.1) is 0 Å². The molecule has 36 heavy (non-hydrogen) atoms. The van der Waals surface area contributed by atoms with E-state index in [-0.39, 0.29) is 5.78 Å². The lowest BCUT2D eigenvalue weighted by Crippen LogP contribution is -2.45. The number of rotatable bonds is 7. The Bertz CT molecular complexity index is 1280. The SMILES string of the molecule is CC1=CC(Nc2nc(Sc3ccc(CC(=O)c4ccccc4)cc3)nc(N3CCN(C)CC3)n2)=NC1. The molecule has 5 rings (SSSR count). The number of amidine groups is 1. The van der Waals surface area contributed by atoms with E-state index >= 15 is 0 Å². The van der Waals surface area contributed by atoms with Crippen LogP contribution in [0, 0.1) is 0 Å². The lowest BCUT2D eigenvalue weighted by molar-refractivity contribution is 0.0993. The molecular formula is C27H29N7OS. The van der Waals surface area contributed by atoms with Gasteiger partial charge in [0.2, 0.25) is 11.9 Å². The standard InChI is InChI=1S/C27H29N7OS/c1-19-16-24(28-18-19)29-25-30-26(34-14-12-33(2)13-15-34)32-27(31-25)36-22-10-8-20(9-11-22)17-23(35)21-6-4-3-5-7-21/h3-11,16H,12-15,17-18H2,1-2H3,(H,28,29,30,31,32). The third-order valence-electron chi connectivity index (χ3n) is 6.10. The van der Waals surface area contributed by atoms with Gasteiger partial charge in [-0.1, -0.05) is 42.5 Å². The van der Waals surface area contributed by atoms with Crippen LogP contribution >= 0.6 is 11.8 Å². The number of aliphatic imine (C=N–C) groups is 1. The summed E-state index contributed by atoms with van der Waals surface area (Å²) < 4.78 is 0. The first-order valence-electron chi connectivity index (χ1n) is 12.0. The first-order valence-corrected chi connectivity index (χ1v) is 12.9. The summed E-state index contributed by atoms with van der Waals surface area (Å²) in [4.78, 5) is 36.7. The monoisotopic (exact) mass is 499 g/mol. The number of Topliss-reactive ketones (excluding diaryl/α,β-unsaturated/α-hetero) is 1. The number of nitrogens with zero attached hydrogens (tertiary/aromatic N) is 6. The van der Waals surface area contributed by atoms with E-state index in [1.807, 2.05) is 60.7 Å². The number of hydrogen-bond acceptors (Lipinski definition) is 9. The molecule has 2 aliphatic heterocycles. The normalized spacial score (nSPS) is 16.0. The summed E-state index contributed by atoms with van der Waals surface area (Å²) in [5.74, 6) is 2.05.